The van der Waals surface area contributed by atoms with Gasteiger partial charge in [0, 0.05) is 6.21 Å². The van der Waals surface area contributed by atoms with Gasteiger partial charge in [0.05, 0.1) is 13.2 Å². The van der Waals surface area contributed by atoms with Crippen molar-refractivity contribution in [3.63, 3.8) is 0 Å². The maximum Gasteiger partial charge on any atom is 0.453 e. The van der Waals surface area contributed by atoms with Crippen molar-refractivity contribution < 1.29 is 13.6 Å². The Morgan fingerprint density at radius 2 is 1.82 bits per heavy atom. The van der Waals surface area contributed by atoms with Gasteiger partial charge in [0.1, 0.15) is 0 Å². The molecule has 0 unspecified atom stereocenters. The number of hydrogen-bond donors (Lipinski definition) is 0. The van der Waals surface area contributed by atoms with Gasteiger partial charge in [-0.05, 0) is 44.6 Å². The molecule has 0 aromatic rings. The van der Waals surface area contributed by atoms with Crippen LogP contribution in [0.15, 0.2) is 4.76 Å². The Labute approximate surface area is 109 Å². The monoisotopic (exact) mass is 281 g/mol. The van der Waals surface area contributed by atoms with Crippen molar-refractivity contribution in [1.29, 1.82) is 0 Å². The predicted molar refractivity (Wildman–Crippen MR) is 76.2 cm³/mol. The molecule has 4 nitrogen and oxygen atoms in total. The van der Waals surface area contributed by atoms with Crippen LogP contribution in [0.4, 0.5) is 0 Å². The lowest BCUT2D eigenvalue weighted by atomic mass is 10.4. The molecule has 0 aliphatic heterocycles. The van der Waals surface area contributed by atoms with E-state index in [2.05, 4.69) is 11.7 Å². The Bertz CT molecular complexity index is 239. The maximum absolute atomic E-state index is 11.9. The van der Waals surface area contributed by atoms with E-state index in [1.165, 1.54) is 12.2 Å². The van der Waals surface area contributed by atoms with E-state index in [1.54, 1.807) is 20.1 Å². The molecule has 0 atom stereocenters. The molecule has 0 amide bonds. The van der Waals surface area contributed by atoms with Crippen LogP contribution in [0.2, 0.25) is 0 Å². The minimum Gasteiger partial charge on any atom is -0.291 e. The Morgan fingerprint density at radius 1 is 1.18 bits per heavy atom. The lowest BCUT2D eigenvalue weighted by Crippen LogP contribution is -1.93. The summed E-state index contributed by atoms with van der Waals surface area (Å²) in [5.74, 6) is 2.32. The van der Waals surface area contributed by atoms with E-state index >= 15 is 0 Å². The Hall–Kier alpha value is 0.170. The smallest absolute Gasteiger partial charge is 0.291 e. The standard InChI is InChI=1S/C11H24NO3PS/c1-4-10-17-11-8-7-9-12-16(13,14-5-2)15-6-3/h9H,4-8,10-11H2,1-3H3. The van der Waals surface area contributed by atoms with Gasteiger partial charge >= 0.3 is 7.75 Å². The molecule has 0 spiro atoms. The summed E-state index contributed by atoms with van der Waals surface area (Å²) in [6.45, 7) is 6.43. The number of unbranched alkanes of at least 4 members (excludes halogenated alkanes) is 1. The zero-order valence-corrected chi connectivity index (χ0v) is 12.8. The molecule has 0 heterocycles. The average molecular weight is 281 g/mol. The molecule has 0 radical (unpaired) electrons. The van der Waals surface area contributed by atoms with Gasteiger partial charge in [0.15, 0.2) is 0 Å². The van der Waals surface area contributed by atoms with Crippen LogP contribution in [-0.4, -0.2) is 30.9 Å². The molecule has 0 fully saturated rings. The average Bonchev–Trinajstić information content (AvgIpc) is 2.28. The van der Waals surface area contributed by atoms with Crippen LogP contribution in [0, 0.1) is 0 Å². The van der Waals surface area contributed by atoms with Crippen molar-refractivity contribution in [3.05, 3.63) is 0 Å². The molecule has 0 aromatic carbocycles. The second kappa shape index (κ2) is 11.3. The lowest BCUT2D eigenvalue weighted by Gasteiger charge is -2.10. The summed E-state index contributed by atoms with van der Waals surface area (Å²) in [6, 6.07) is 0. The van der Waals surface area contributed by atoms with Gasteiger partial charge in [-0.1, -0.05) is 6.92 Å². The summed E-state index contributed by atoms with van der Waals surface area (Å²) < 4.78 is 25.9. The van der Waals surface area contributed by atoms with Crippen LogP contribution >= 0.6 is 19.5 Å². The number of thioether (sulfide) groups is 1. The molecule has 0 N–H and O–H groups in total. The molecular formula is C11H24NO3PS. The molecule has 0 aliphatic rings. The van der Waals surface area contributed by atoms with Gasteiger partial charge in [-0.3, -0.25) is 9.05 Å². The summed E-state index contributed by atoms with van der Waals surface area (Å²) in [5.41, 5.74) is 0. The van der Waals surface area contributed by atoms with Crippen molar-refractivity contribution in [3.8, 4) is 0 Å². The second-order valence-electron chi connectivity index (χ2n) is 3.36. The topological polar surface area (TPSA) is 47.9 Å². The molecule has 102 valence electrons. The van der Waals surface area contributed by atoms with Gasteiger partial charge in [0.2, 0.25) is 0 Å². The van der Waals surface area contributed by atoms with E-state index in [-0.39, 0.29) is 0 Å². The van der Waals surface area contributed by atoms with Crippen LogP contribution in [0.1, 0.15) is 40.0 Å². The molecule has 0 rings (SSSR count). The fourth-order valence-electron chi connectivity index (χ4n) is 1.11. The normalized spacial score (nSPS) is 12.4. The quantitative estimate of drug-likeness (QED) is 0.324. The summed E-state index contributed by atoms with van der Waals surface area (Å²) in [7, 11) is -3.22. The number of rotatable bonds is 11. The van der Waals surface area contributed by atoms with E-state index in [1.807, 2.05) is 11.8 Å². The first-order chi connectivity index (χ1) is 8.18. The fraction of sp³-hybridized carbons (Fsp3) is 0.909. The molecule has 17 heavy (non-hydrogen) atoms. The van der Waals surface area contributed by atoms with E-state index in [0.29, 0.717) is 13.2 Å². The van der Waals surface area contributed by atoms with E-state index < -0.39 is 7.75 Å². The summed E-state index contributed by atoms with van der Waals surface area (Å²) in [5, 5.41) is 0. The molecule has 0 saturated carbocycles. The highest BCUT2D eigenvalue weighted by Gasteiger charge is 2.20. The van der Waals surface area contributed by atoms with Crippen LogP contribution in [0.25, 0.3) is 0 Å². The first-order valence-corrected chi connectivity index (χ1v) is 8.84. The highest BCUT2D eigenvalue weighted by Crippen LogP contribution is 2.49. The van der Waals surface area contributed by atoms with Gasteiger partial charge < -0.3 is 0 Å². The minimum absolute atomic E-state index is 0.348. The van der Waals surface area contributed by atoms with Crippen molar-refractivity contribution in [2.75, 3.05) is 24.7 Å². The zero-order chi connectivity index (χ0) is 13.0. The van der Waals surface area contributed by atoms with Crippen LogP contribution in [0.5, 0.6) is 0 Å². The SMILES string of the molecule is CCCSCCCC=NP(=O)(OCC)OCC. The minimum atomic E-state index is -3.22. The Balaban J connectivity index is 3.81. The Kier molecular flexibility index (Phi) is 11.4. The van der Waals surface area contributed by atoms with Gasteiger partial charge in [0.25, 0.3) is 0 Å². The van der Waals surface area contributed by atoms with E-state index in [9.17, 15) is 4.57 Å². The van der Waals surface area contributed by atoms with Crippen molar-refractivity contribution in [1.82, 2.24) is 0 Å². The molecular weight excluding hydrogens is 257 g/mol. The Morgan fingerprint density at radius 3 is 2.35 bits per heavy atom. The molecule has 0 saturated heterocycles. The van der Waals surface area contributed by atoms with Crippen LogP contribution in [-0.2, 0) is 13.6 Å². The third-order valence-corrected chi connectivity index (χ3v) is 4.67. The largest absolute Gasteiger partial charge is 0.453 e. The third kappa shape index (κ3) is 9.83. The molecule has 6 heteroatoms. The van der Waals surface area contributed by atoms with Crippen LogP contribution in [0.3, 0.4) is 0 Å². The van der Waals surface area contributed by atoms with Crippen molar-refractivity contribution in [2.24, 2.45) is 4.76 Å². The predicted octanol–water partition coefficient (Wildman–Crippen LogP) is 4.16. The first kappa shape index (κ1) is 17.2. The van der Waals surface area contributed by atoms with E-state index in [0.717, 1.165) is 18.6 Å². The zero-order valence-electron chi connectivity index (χ0n) is 11.1. The van der Waals surface area contributed by atoms with Gasteiger partial charge in [-0.2, -0.15) is 16.5 Å². The van der Waals surface area contributed by atoms with E-state index in [4.69, 9.17) is 9.05 Å². The molecule has 0 aromatic heterocycles. The lowest BCUT2D eigenvalue weighted by molar-refractivity contribution is 0.221. The highest BCUT2D eigenvalue weighted by molar-refractivity contribution is 7.99. The van der Waals surface area contributed by atoms with Crippen molar-refractivity contribution >= 4 is 25.7 Å². The maximum atomic E-state index is 11.9. The van der Waals surface area contributed by atoms with Crippen LogP contribution < -0.4 is 0 Å². The second-order valence-corrected chi connectivity index (χ2v) is 6.27. The summed E-state index contributed by atoms with van der Waals surface area (Å²) in [4.78, 5) is 0. The molecule has 0 bridgehead atoms. The number of nitrogens with zero attached hydrogens (tertiary/aromatic N) is 1. The summed E-state index contributed by atoms with van der Waals surface area (Å²) in [6.07, 6.45) is 4.74. The first-order valence-electron chi connectivity index (χ1n) is 6.19. The third-order valence-electron chi connectivity index (χ3n) is 1.78. The fourth-order valence-corrected chi connectivity index (χ4v) is 3.15. The number of hydrogen-bond acceptors (Lipinski definition) is 4. The van der Waals surface area contributed by atoms with Gasteiger partial charge in [-0.25, -0.2) is 4.57 Å². The molecule has 0 aliphatic carbocycles. The summed E-state index contributed by atoms with van der Waals surface area (Å²) >= 11 is 1.94. The van der Waals surface area contributed by atoms with Crippen molar-refractivity contribution in [2.45, 2.75) is 40.0 Å². The highest BCUT2D eigenvalue weighted by atomic mass is 32.2. The van der Waals surface area contributed by atoms with Gasteiger partial charge in [-0.15, -0.1) is 0 Å².